The van der Waals surface area contributed by atoms with Crippen LogP contribution in [-0.2, 0) is 12.1 Å². The van der Waals surface area contributed by atoms with E-state index in [1.807, 2.05) is 10.9 Å². The number of nitrogens with zero attached hydrogens (tertiary/aromatic N) is 3. The van der Waals surface area contributed by atoms with Crippen molar-refractivity contribution in [1.82, 2.24) is 20.3 Å². The molecule has 0 radical (unpaired) electrons. The van der Waals surface area contributed by atoms with Gasteiger partial charge in [0.05, 0.1) is 24.0 Å². The van der Waals surface area contributed by atoms with Gasteiger partial charge in [-0.25, -0.2) is 4.68 Å². The molecule has 0 bridgehead atoms. The first-order valence-corrected chi connectivity index (χ1v) is 6.64. The van der Waals surface area contributed by atoms with Crippen LogP contribution < -0.4 is 5.32 Å². The van der Waals surface area contributed by atoms with Crippen LogP contribution in [0.3, 0.4) is 0 Å². The largest absolute Gasteiger partial charge is 0.394 e. The Bertz CT molecular complexity index is 355. The number of nitrogens with one attached hydrogen (secondary N) is 1. The molecule has 0 atom stereocenters. The molecule has 1 aromatic rings. The molecule has 0 saturated heterocycles. The number of aliphatic hydroxyl groups is 1. The maximum atomic E-state index is 9.49. The Morgan fingerprint density at radius 1 is 1.28 bits per heavy atom. The average molecular weight is 254 g/mol. The zero-order valence-electron chi connectivity index (χ0n) is 12.2. The second-order valence-corrected chi connectivity index (χ2v) is 5.82. The molecule has 104 valence electrons. The molecule has 18 heavy (non-hydrogen) atoms. The molecule has 0 unspecified atom stereocenters. The van der Waals surface area contributed by atoms with Crippen LogP contribution in [0.5, 0.6) is 0 Å². The van der Waals surface area contributed by atoms with Gasteiger partial charge in [0, 0.05) is 12.1 Å². The lowest BCUT2D eigenvalue weighted by Crippen LogP contribution is -2.47. The second-order valence-electron chi connectivity index (χ2n) is 5.82. The van der Waals surface area contributed by atoms with Gasteiger partial charge in [-0.1, -0.05) is 19.1 Å². The molecular weight excluding hydrogens is 228 g/mol. The topological polar surface area (TPSA) is 63.0 Å². The summed E-state index contributed by atoms with van der Waals surface area (Å²) in [6, 6.07) is 0. The van der Waals surface area contributed by atoms with Crippen LogP contribution in [0.15, 0.2) is 6.20 Å². The summed E-state index contributed by atoms with van der Waals surface area (Å²) in [7, 11) is 0. The zero-order valence-corrected chi connectivity index (χ0v) is 12.2. The van der Waals surface area contributed by atoms with Crippen molar-refractivity contribution in [3.8, 4) is 0 Å². The third kappa shape index (κ3) is 3.53. The SMILES string of the molecule is CCC(CC)(CO)NCc1cn(C(C)(C)C)nn1. The van der Waals surface area contributed by atoms with Gasteiger partial charge in [0.1, 0.15) is 0 Å². The molecule has 5 heteroatoms. The van der Waals surface area contributed by atoms with E-state index in [1.165, 1.54) is 0 Å². The predicted octanol–water partition coefficient (Wildman–Crippen LogP) is 1.67. The van der Waals surface area contributed by atoms with Crippen LogP contribution in [0.25, 0.3) is 0 Å². The van der Waals surface area contributed by atoms with Gasteiger partial charge in [-0.15, -0.1) is 5.10 Å². The smallest absolute Gasteiger partial charge is 0.0965 e. The van der Waals surface area contributed by atoms with Crippen LogP contribution >= 0.6 is 0 Å². The Morgan fingerprint density at radius 3 is 2.28 bits per heavy atom. The minimum Gasteiger partial charge on any atom is -0.394 e. The molecule has 1 heterocycles. The lowest BCUT2D eigenvalue weighted by Gasteiger charge is -2.30. The molecule has 0 aromatic carbocycles. The number of aliphatic hydroxyl groups excluding tert-OH is 1. The van der Waals surface area contributed by atoms with E-state index in [-0.39, 0.29) is 17.7 Å². The lowest BCUT2D eigenvalue weighted by atomic mass is 9.94. The van der Waals surface area contributed by atoms with Crippen molar-refractivity contribution in [3.05, 3.63) is 11.9 Å². The average Bonchev–Trinajstić information content (AvgIpc) is 2.80. The first-order chi connectivity index (χ1) is 8.37. The maximum absolute atomic E-state index is 9.49. The summed E-state index contributed by atoms with van der Waals surface area (Å²) < 4.78 is 1.86. The summed E-state index contributed by atoms with van der Waals surface area (Å²) in [5, 5.41) is 21.2. The molecule has 0 fully saturated rings. The summed E-state index contributed by atoms with van der Waals surface area (Å²) in [6.45, 7) is 11.2. The highest BCUT2D eigenvalue weighted by atomic mass is 16.3. The maximum Gasteiger partial charge on any atom is 0.0965 e. The minimum absolute atomic E-state index is 0.0468. The van der Waals surface area contributed by atoms with Crippen LogP contribution in [0.1, 0.15) is 53.2 Å². The number of hydrogen-bond donors (Lipinski definition) is 2. The van der Waals surface area contributed by atoms with Crippen molar-refractivity contribution < 1.29 is 5.11 Å². The quantitative estimate of drug-likeness (QED) is 0.810. The number of hydrogen-bond acceptors (Lipinski definition) is 4. The summed E-state index contributed by atoms with van der Waals surface area (Å²) >= 11 is 0. The van der Waals surface area contributed by atoms with Crippen LogP contribution in [0.4, 0.5) is 0 Å². The van der Waals surface area contributed by atoms with E-state index < -0.39 is 0 Å². The van der Waals surface area contributed by atoms with Crippen molar-refractivity contribution in [1.29, 1.82) is 0 Å². The molecule has 1 rings (SSSR count). The molecule has 0 aliphatic heterocycles. The van der Waals surface area contributed by atoms with Gasteiger partial charge in [0.2, 0.25) is 0 Å². The Labute approximate surface area is 110 Å². The van der Waals surface area contributed by atoms with Gasteiger partial charge < -0.3 is 10.4 Å². The molecule has 0 saturated carbocycles. The van der Waals surface area contributed by atoms with Crippen LogP contribution in [0.2, 0.25) is 0 Å². The summed E-state index contributed by atoms with van der Waals surface area (Å²) in [6.07, 6.45) is 3.75. The van der Waals surface area contributed by atoms with E-state index in [0.29, 0.717) is 6.54 Å². The van der Waals surface area contributed by atoms with Gasteiger partial charge in [0.15, 0.2) is 0 Å². The van der Waals surface area contributed by atoms with Crippen molar-refractivity contribution >= 4 is 0 Å². The molecule has 0 spiro atoms. The third-order valence-electron chi connectivity index (χ3n) is 3.53. The zero-order chi connectivity index (χ0) is 13.8. The Hall–Kier alpha value is -0.940. The van der Waals surface area contributed by atoms with Crippen molar-refractivity contribution in [2.75, 3.05) is 6.61 Å². The van der Waals surface area contributed by atoms with Gasteiger partial charge in [0.25, 0.3) is 0 Å². The van der Waals surface area contributed by atoms with E-state index >= 15 is 0 Å². The van der Waals surface area contributed by atoms with Gasteiger partial charge in [-0.2, -0.15) is 0 Å². The monoisotopic (exact) mass is 254 g/mol. The lowest BCUT2D eigenvalue weighted by molar-refractivity contribution is 0.149. The fraction of sp³-hybridized carbons (Fsp3) is 0.846. The first-order valence-electron chi connectivity index (χ1n) is 6.64. The van der Waals surface area contributed by atoms with E-state index in [1.54, 1.807) is 0 Å². The molecule has 0 amide bonds. The van der Waals surface area contributed by atoms with Gasteiger partial charge >= 0.3 is 0 Å². The Kier molecular flexibility index (Phi) is 4.87. The van der Waals surface area contributed by atoms with E-state index in [4.69, 9.17) is 0 Å². The van der Waals surface area contributed by atoms with Crippen LogP contribution in [-0.4, -0.2) is 32.2 Å². The third-order valence-corrected chi connectivity index (χ3v) is 3.53. The van der Waals surface area contributed by atoms with Crippen molar-refractivity contribution in [2.24, 2.45) is 0 Å². The fourth-order valence-corrected chi connectivity index (χ4v) is 1.76. The highest BCUT2D eigenvalue weighted by Gasteiger charge is 2.24. The standard InChI is InChI=1S/C13H26N4O/c1-6-13(7-2,10-18)14-8-11-9-17(16-15-11)12(3,4)5/h9,14,18H,6-8,10H2,1-5H3. The minimum atomic E-state index is -0.203. The van der Waals surface area contributed by atoms with E-state index in [2.05, 4.69) is 50.2 Å². The Balaban J connectivity index is 2.66. The second kappa shape index (κ2) is 5.80. The summed E-state index contributed by atoms with van der Waals surface area (Å²) in [5.41, 5.74) is 0.657. The van der Waals surface area contributed by atoms with E-state index in [9.17, 15) is 5.11 Å². The summed E-state index contributed by atoms with van der Waals surface area (Å²) in [4.78, 5) is 0. The highest BCUT2D eigenvalue weighted by molar-refractivity contribution is 4.97. The fourth-order valence-electron chi connectivity index (χ4n) is 1.76. The Morgan fingerprint density at radius 2 is 1.89 bits per heavy atom. The predicted molar refractivity (Wildman–Crippen MR) is 72.3 cm³/mol. The number of rotatable bonds is 6. The van der Waals surface area contributed by atoms with Gasteiger partial charge in [-0.05, 0) is 33.6 Å². The van der Waals surface area contributed by atoms with Crippen molar-refractivity contribution in [3.63, 3.8) is 0 Å². The molecule has 0 aliphatic carbocycles. The van der Waals surface area contributed by atoms with Crippen LogP contribution in [0, 0.1) is 0 Å². The summed E-state index contributed by atoms with van der Waals surface area (Å²) in [5.74, 6) is 0. The molecule has 0 aliphatic rings. The number of aromatic nitrogens is 3. The molecular formula is C13H26N4O. The van der Waals surface area contributed by atoms with Crippen molar-refractivity contribution in [2.45, 2.75) is 65.1 Å². The van der Waals surface area contributed by atoms with Gasteiger partial charge in [-0.3, -0.25) is 0 Å². The normalized spacial score (nSPS) is 13.0. The molecule has 2 N–H and O–H groups in total. The van der Waals surface area contributed by atoms with E-state index in [0.717, 1.165) is 18.5 Å². The molecule has 5 nitrogen and oxygen atoms in total. The highest BCUT2D eigenvalue weighted by Crippen LogP contribution is 2.16. The molecule has 1 aromatic heterocycles. The first kappa shape index (κ1) is 15.1.